The van der Waals surface area contributed by atoms with Crippen LogP contribution in [0.1, 0.15) is 11.1 Å². The first-order chi connectivity index (χ1) is 12.8. The number of rotatable bonds is 5. The third-order valence-electron chi connectivity index (χ3n) is 4.26. The summed E-state index contributed by atoms with van der Waals surface area (Å²) in [5.74, 6) is 1.53. The van der Waals surface area contributed by atoms with Crippen molar-refractivity contribution < 1.29 is 4.74 Å². The summed E-state index contributed by atoms with van der Waals surface area (Å²) in [6.07, 6.45) is 1.84. The van der Waals surface area contributed by atoms with Gasteiger partial charge in [-0.25, -0.2) is 9.98 Å². The molecule has 4 aromatic rings. The van der Waals surface area contributed by atoms with Crippen LogP contribution in [0.2, 0.25) is 0 Å². The lowest BCUT2D eigenvalue weighted by molar-refractivity contribution is 0.415. The Kier molecular flexibility index (Phi) is 4.48. The Balaban J connectivity index is 1.71. The smallest absolute Gasteiger partial charge is 0.230 e. The zero-order chi connectivity index (χ0) is 17.8. The highest BCUT2D eigenvalue weighted by atomic mass is 16.5. The molecule has 0 amide bonds. The van der Waals surface area contributed by atoms with Crippen molar-refractivity contribution in [3.63, 3.8) is 0 Å². The van der Waals surface area contributed by atoms with E-state index in [1.165, 1.54) is 5.56 Å². The van der Waals surface area contributed by atoms with Gasteiger partial charge in [-0.2, -0.15) is 0 Å². The standard InChI is InChI=1S/C22H19N3O/c1-26-19-13-11-17(12-14-19)15-23-22-24-20-9-5-6-10-21(20)25(22)16-18-7-3-2-4-8-18/h2-15H,16H2,1H3. The highest BCUT2D eigenvalue weighted by molar-refractivity contribution is 5.84. The Morgan fingerprint density at radius 1 is 0.923 bits per heavy atom. The molecule has 0 unspecified atom stereocenters. The van der Waals surface area contributed by atoms with Gasteiger partial charge in [0.2, 0.25) is 5.95 Å². The number of nitrogens with zero attached hydrogens (tertiary/aromatic N) is 3. The minimum atomic E-state index is 0.700. The molecular weight excluding hydrogens is 322 g/mol. The fourth-order valence-corrected chi connectivity index (χ4v) is 2.91. The summed E-state index contributed by atoms with van der Waals surface area (Å²) in [6.45, 7) is 0.733. The summed E-state index contributed by atoms with van der Waals surface area (Å²) >= 11 is 0. The molecule has 0 radical (unpaired) electrons. The largest absolute Gasteiger partial charge is 0.497 e. The number of methoxy groups -OCH3 is 1. The number of aromatic nitrogens is 2. The number of fused-ring (bicyclic) bond motifs is 1. The van der Waals surface area contributed by atoms with E-state index in [9.17, 15) is 0 Å². The van der Waals surface area contributed by atoms with E-state index in [1.54, 1.807) is 7.11 Å². The van der Waals surface area contributed by atoms with E-state index >= 15 is 0 Å². The molecule has 0 fully saturated rings. The van der Waals surface area contributed by atoms with Crippen molar-refractivity contribution in [2.45, 2.75) is 6.54 Å². The van der Waals surface area contributed by atoms with Crippen molar-refractivity contribution in [1.82, 2.24) is 9.55 Å². The summed E-state index contributed by atoms with van der Waals surface area (Å²) in [5.41, 5.74) is 4.25. The highest BCUT2D eigenvalue weighted by Gasteiger charge is 2.09. The summed E-state index contributed by atoms with van der Waals surface area (Å²) in [5, 5.41) is 0. The quantitative estimate of drug-likeness (QED) is 0.487. The first kappa shape index (κ1) is 16.1. The van der Waals surface area contributed by atoms with Crippen molar-refractivity contribution in [3.8, 4) is 5.75 Å². The van der Waals surface area contributed by atoms with Gasteiger partial charge >= 0.3 is 0 Å². The van der Waals surface area contributed by atoms with Gasteiger partial charge in [-0.05, 0) is 47.5 Å². The minimum Gasteiger partial charge on any atom is -0.497 e. The maximum Gasteiger partial charge on any atom is 0.230 e. The average molecular weight is 341 g/mol. The van der Waals surface area contributed by atoms with Gasteiger partial charge in [0.15, 0.2) is 0 Å². The number of para-hydroxylation sites is 2. The topological polar surface area (TPSA) is 39.4 Å². The number of imidazole rings is 1. The van der Waals surface area contributed by atoms with Crippen LogP contribution in [0.25, 0.3) is 11.0 Å². The first-order valence-electron chi connectivity index (χ1n) is 8.51. The van der Waals surface area contributed by atoms with Gasteiger partial charge in [0.1, 0.15) is 5.75 Å². The number of aliphatic imine (C=N–C) groups is 1. The predicted octanol–water partition coefficient (Wildman–Crippen LogP) is 4.84. The van der Waals surface area contributed by atoms with Crippen LogP contribution in [0, 0.1) is 0 Å². The van der Waals surface area contributed by atoms with Gasteiger partial charge in [0, 0.05) is 6.21 Å². The first-order valence-corrected chi connectivity index (χ1v) is 8.51. The number of ether oxygens (including phenoxy) is 1. The SMILES string of the molecule is COc1ccc(C=Nc2nc3ccccc3n2Cc2ccccc2)cc1. The van der Waals surface area contributed by atoms with Crippen LogP contribution in [-0.4, -0.2) is 22.9 Å². The fraction of sp³-hybridized carbons (Fsp3) is 0.0909. The Bertz CT molecular complexity index is 1030. The van der Waals surface area contributed by atoms with Crippen LogP contribution in [0.3, 0.4) is 0 Å². The van der Waals surface area contributed by atoms with Crippen molar-refractivity contribution in [2.75, 3.05) is 7.11 Å². The zero-order valence-electron chi connectivity index (χ0n) is 14.5. The van der Waals surface area contributed by atoms with Crippen molar-refractivity contribution in [3.05, 3.63) is 90.0 Å². The molecule has 4 heteroatoms. The molecule has 1 heterocycles. The Morgan fingerprint density at radius 2 is 1.65 bits per heavy atom. The molecule has 0 N–H and O–H groups in total. The number of hydrogen-bond donors (Lipinski definition) is 0. The summed E-state index contributed by atoms with van der Waals surface area (Å²) in [7, 11) is 1.66. The van der Waals surface area contributed by atoms with Gasteiger partial charge in [-0.15, -0.1) is 0 Å². The Hall–Kier alpha value is -3.40. The summed E-state index contributed by atoms with van der Waals surface area (Å²) in [6, 6.07) is 26.3. The lowest BCUT2D eigenvalue weighted by Crippen LogP contribution is -1.99. The molecule has 0 saturated heterocycles. The van der Waals surface area contributed by atoms with Crippen LogP contribution in [0.4, 0.5) is 5.95 Å². The van der Waals surface area contributed by atoms with E-state index < -0.39 is 0 Å². The third-order valence-corrected chi connectivity index (χ3v) is 4.26. The maximum absolute atomic E-state index is 5.20. The molecule has 1 aromatic heterocycles. The second kappa shape index (κ2) is 7.23. The van der Waals surface area contributed by atoms with Crippen LogP contribution < -0.4 is 4.74 Å². The van der Waals surface area contributed by atoms with Gasteiger partial charge in [-0.3, -0.25) is 0 Å². The monoisotopic (exact) mass is 341 g/mol. The average Bonchev–Trinajstić information content (AvgIpc) is 3.05. The Morgan fingerprint density at radius 3 is 2.42 bits per heavy atom. The van der Waals surface area contributed by atoms with Crippen LogP contribution in [0.5, 0.6) is 5.75 Å². The number of benzene rings is 3. The van der Waals surface area contributed by atoms with Gasteiger partial charge in [-0.1, -0.05) is 42.5 Å². The maximum atomic E-state index is 5.20. The van der Waals surface area contributed by atoms with Crippen molar-refractivity contribution >= 4 is 23.2 Å². The highest BCUT2D eigenvalue weighted by Crippen LogP contribution is 2.23. The molecule has 0 bridgehead atoms. The summed E-state index contributed by atoms with van der Waals surface area (Å²) < 4.78 is 7.34. The Labute approximate surface area is 152 Å². The van der Waals surface area contributed by atoms with Crippen LogP contribution in [0.15, 0.2) is 83.9 Å². The molecule has 4 rings (SSSR count). The molecule has 0 spiro atoms. The molecule has 3 aromatic carbocycles. The molecule has 4 nitrogen and oxygen atoms in total. The van der Waals surface area contributed by atoms with E-state index in [2.05, 4.69) is 39.9 Å². The zero-order valence-corrected chi connectivity index (χ0v) is 14.5. The van der Waals surface area contributed by atoms with Crippen LogP contribution >= 0.6 is 0 Å². The van der Waals surface area contributed by atoms with Gasteiger partial charge in [0.25, 0.3) is 0 Å². The van der Waals surface area contributed by atoms with Crippen LogP contribution in [-0.2, 0) is 6.54 Å². The molecule has 128 valence electrons. The van der Waals surface area contributed by atoms with Gasteiger partial charge < -0.3 is 9.30 Å². The molecule has 0 aliphatic heterocycles. The second-order valence-electron chi connectivity index (χ2n) is 6.00. The van der Waals surface area contributed by atoms with Crippen molar-refractivity contribution in [1.29, 1.82) is 0 Å². The fourth-order valence-electron chi connectivity index (χ4n) is 2.91. The van der Waals surface area contributed by atoms with Crippen molar-refractivity contribution in [2.24, 2.45) is 4.99 Å². The second-order valence-corrected chi connectivity index (χ2v) is 6.00. The molecule has 0 aliphatic rings. The molecule has 26 heavy (non-hydrogen) atoms. The normalized spacial score (nSPS) is 11.3. The molecule has 0 aliphatic carbocycles. The molecule has 0 saturated carbocycles. The minimum absolute atomic E-state index is 0.700. The molecular formula is C22H19N3O. The third kappa shape index (κ3) is 3.35. The van der Waals surface area contributed by atoms with E-state index in [-0.39, 0.29) is 0 Å². The lowest BCUT2D eigenvalue weighted by Gasteiger charge is -2.06. The van der Waals surface area contributed by atoms with Gasteiger partial charge in [0.05, 0.1) is 24.7 Å². The lowest BCUT2D eigenvalue weighted by atomic mass is 10.2. The molecule has 0 atom stereocenters. The summed E-state index contributed by atoms with van der Waals surface area (Å²) in [4.78, 5) is 9.35. The predicted molar refractivity (Wildman–Crippen MR) is 106 cm³/mol. The van der Waals surface area contributed by atoms with E-state index in [4.69, 9.17) is 9.72 Å². The van der Waals surface area contributed by atoms with E-state index in [0.717, 1.165) is 28.9 Å². The number of hydrogen-bond acceptors (Lipinski definition) is 3. The van der Waals surface area contributed by atoms with E-state index in [0.29, 0.717) is 5.95 Å². The van der Waals surface area contributed by atoms with E-state index in [1.807, 2.05) is 54.7 Å².